The largest absolute Gasteiger partial charge is 0.396 e. The molecule has 0 bridgehead atoms. The van der Waals surface area contributed by atoms with Crippen LogP contribution in [0.4, 0.5) is 0 Å². The van der Waals surface area contributed by atoms with E-state index in [4.69, 9.17) is 0 Å². The van der Waals surface area contributed by atoms with Gasteiger partial charge in [0.2, 0.25) is 0 Å². The Balaban J connectivity index is 5.21. The fourth-order valence-corrected chi connectivity index (χ4v) is 3.73. The summed E-state index contributed by atoms with van der Waals surface area (Å²) in [6.07, 6.45) is 10.0. The van der Waals surface area contributed by atoms with Crippen LogP contribution in [-0.2, 0) is 0 Å². The summed E-state index contributed by atoms with van der Waals surface area (Å²) in [6, 6.07) is 0. The first kappa shape index (κ1) is 21.7. The molecule has 1 nitrogen and oxygen atoms in total. The Morgan fingerprint density at radius 1 is 1.00 bits per heavy atom. The summed E-state index contributed by atoms with van der Waals surface area (Å²) in [5.41, 5.74) is 1.63. The van der Waals surface area contributed by atoms with Gasteiger partial charge in [-0.25, -0.2) is 0 Å². The number of aliphatic hydroxyl groups is 1. The van der Waals surface area contributed by atoms with Crippen molar-refractivity contribution in [1.29, 1.82) is 0 Å². The Bertz CT molecular complexity index is 290. The quantitative estimate of drug-likeness (QED) is 0.410. The minimum Gasteiger partial charge on any atom is -0.396 e. The molecule has 0 aliphatic rings. The average molecular weight is 311 g/mol. The molecule has 0 heterocycles. The lowest BCUT2D eigenvalue weighted by Crippen LogP contribution is -2.22. The van der Waals surface area contributed by atoms with Crippen LogP contribution in [0.1, 0.15) is 87.0 Å². The van der Waals surface area contributed by atoms with Crippen LogP contribution in [0.5, 0.6) is 0 Å². The van der Waals surface area contributed by atoms with Gasteiger partial charge in [-0.2, -0.15) is 0 Å². The van der Waals surface area contributed by atoms with Crippen LogP contribution in [0.15, 0.2) is 11.6 Å². The zero-order valence-electron chi connectivity index (χ0n) is 16.4. The lowest BCUT2D eigenvalue weighted by molar-refractivity contribution is 0.246. The predicted octanol–water partition coefficient (Wildman–Crippen LogP) is 6.47. The zero-order chi connectivity index (χ0) is 17.1. The number of allylic oxidation sites excluding steroid dienone is 1. The van der Waals surface area contributed by atoms with E-state index in [1.807, 2.05) is 0 Å². The summed E-state index contributed by atoms with van der Waals surface area (Å²) in [4.78, 5) is 0. The highest BCUT2D eigenvalue weighted by atomic mass is 16.3. The smallest absolute Gasteiger partial charge is 0.0491 e. The minimum atomic E-state index is 0.269. The van der Waals surface area contributed by atoms with E-state index in [9.17, 15) is 5.11 Å². The second-order valence-electron chi connectivity index (χ2n) is 7.90. The highest BCUT2D eigenvalue weighted by Gasteiger charge is 2.25. The van der Waals surface area contributed by atoms with Crippen molar-refractivity contribution in [3.05, 3.63) is 11.6 Å². The molecule has 0 aromatic heterocycles. The SMILES string of the molecule is CCCC(C(=CC(C)CO)CCCC(C)C)C(CC)C(C)C. The predicted molar refractivity (Wildman–Crippen MR) is 100 cm³/mol. The van der Waals surface area contributed by atoms with Gasteiger partial charge in [-0.15, -0.1) is 0 Å². The minimum absolute atomic E-state index is 0.269. The van der Waals surface area contributed by atoms with Gasteiger partial charge in [0, 0.05) is 6.61 Å². The van der Waals surface area contributed by atoms with Crippen molar-refractivity contribution in [2.45, 2.75) is 87.0 Å². The highest BCUT2D eigenvalue weighted by Crippen LogP contribution is 2.36. The third-order valence-corrected chi connectivity index (χ3v) is 4.95. The van der Waals surface area contributed by atoms with E-state index in [2.05, 4.69) is 54.5 Å². The first-order chi connectivity index (χ1) is 10.4. The number of aliphatic hydroxyl groups excluding tert-OH is 1. The van der Waals surface area contributed by atoms with Gasteiger partial charge in [0.05, 0.1) is 0 Å². The van der Waals surface area contributed by atoms with Gasteiger partial charge >= 0.3 is 0 Å². The average Bonchev–Trinajstić information content (AvgIpc) is 2.45. The molecule has 0 spiro atoms. The van der Waals surface area contributed by atoms with Crippen LogP contribution >= 0.6 is 0 Å². The second-order valence-corrected chi connectivity index (χ2v) is 7.90. The van der Waals surface area contributed by atoms with E-state index in [-0.39, 0.29) is 12.5 Å². The molecule has 1 N–H and O–H groups in total. The van der Waals surface area contributed by atoms with Crippen LogP contribution in [0.2, 0.25) is 0 Å². The molecular weight excluding hydrogens is 268 g/mol. The molecular formula is C21H42O. The van der Waals surface area contributed by atoms with Gasteiger partial charge in [-0.1, -0.05) is 79.4 Å². The molecule has 0 aromatic rings. The zero-order valence-corrected chi connectivity index (χ0v) is 16.4. The van der Waals surface area contributed by atoms with Crippen molar-refractivity contribution < 1.29 is 5.11 Å². The fourth-order valence-electron chi connectivity index (χ4n) is 3.73. The Morgan fingerprint density at radius 3 is 2.05 bits per heavy atom. The summed E-state index contributed by atoms with van der Waals surface area (Å²) in [7, 11) is 0. The van der Waals surface area contributed by atoms with Crippen molar-refractivity contribution in [2.75, 3.05) is 6.61 Å². The fraction of sp³-hybridized carbons (Fsp3) is 0.905. The Kier molecular flexibility index (Phi) is 12.0. The topological polar surface area (TPSA) is 20.2 Å². The Labute approximate surface area is 140 Å². The molecule has 0 aromatic carbocycles. The van der Waals surface area contributed by atoms with Crippen molar-refractivity contribution in [1.82, 2.24) is 0 Å². The lowest BCUT2D eigenvalue weighted by atomic mass is 9.73. The third kappa shape index (κ3) is 8.36. The summed E-state index contributed by atoms with van der Waals surface area (Å²) in [5, 5.41) is 9.47. The first-order valence-corrected chi connectivity index (χ1v) is 9.68. The van der Waals surface area contributed by atoms with Crippen LogP contribution in [0, 0.1) is 29.6 Å². The van der Waals surface area contributed by atoms with E-state index >= 15 is 0 Å². The van der Waals surface area contributed by atoms with Crippen molar-refractivity contribution in [3.8, 4) is 0 Å². The lowest BCUT2D eigenvalue weighted by Gasteiger charge is -2.32. The Morgan fingerprint density at radius 2 is 1.64 bits per heavy atom. The molecule has 3 atom stereocenters. The van der Waals surface area contributed by atoms with Gasteiger partial charge < -0.3 is 5.11 Å². The van der Waals surface area contributed by atoms with Crippen LogP contribution in [-0.4, -0.2) is 11.7 Å². The maximum atomic E-state index is 9.47. The molecule has 0 radical (unpaired) electrons. The summed E-state index contributed by atoms with van der Waals surface area (Å²) in [5.74, 6) is 3.29. The summed E-state index contributed by atoms with van der Waals surface area (Å²) in [6.45, 7) is 16.4. The molecule has 0 rings (SSSR count). The van der Waals surface area contributed by atoms with Gasteiger partial charge in [-0.05, 0) is 48.9 Å². The van der Waals surface area contributed by atoms with Crippen molar-refractivity contribution in [3.63, 3.8) is 0 Å². The molecule has 0 saturated carbocycles. The number of hydrogen-bond donors (Lipinski definition) is 1. The molecule has 1 heteroatoms. The van der Waals surface area contributed by atoms with E-state index in [1.54, 1.807) is 5.57 Å². The van der Waals surface area contributed by atoms with E-state index in [0.29, 0.717) is 5.92 Å². The van der Waals surface area contributed by atoms with E-state index in [1.165, 1.54) is 38.5 Å². The highest BCUT2D eigenvalue weighted by molar-refractivity contribution is 5.10. The van der Waals surface area contributed by atoms with Gasteiger partial charge in [0.1, 0.15) is 0 Å². The molecule has 0 aliphatic carbocycles. The maximum Gasteiger partial charge on any atom is 0.0491 e. The molecule has 132 valence electrons. The monoisotopic (exact) mass is 310 g/mol. The molecule has 0 fully saturated rings. The number of rotatable bonds is 12. The number of hydrogen-bond acceptors (Lipinski definition) is 1. The molecule has 0 aliphatic heterocycles. The van der Waals surface area contributed by atoms with Crippen LogP contribution in [0.25, 0.3) is 0 Å². The molecule has 22 heavy (non-hydrogen) atoms. The summed E-state index contributed by atoms with van der Waals surface area (Å²) < 4.78 is 0. The first-order valence-electron chi connectivity index (χ1n) is 9.68. The Hall–Kier alpha value is -0.300. The molecule has 0 amide bonds. The van der Waals surface area contributed by atoms with Gasteiger partial charge in [-0.3, -0.25) is 0 Å². The molecule has 0 saturated heterocycles. The van der Waals surface area contributed by atoms with Gasteiger partial charge in [0.15, 0.2) is 0 Å². The van der Waals surface area contributed by atoms with Crippen LogP contribution < -0.4 is 0 Å². The van der Waals surface area contributed by atoms with Crippen molar-refractivity contribution in [2.24, 2.45) is 29.6 Å². The standard InChI is InChI=1S/C21H42O/c1-8-11-21(20(9-2)17(5)6)19(14-18(7)15-22)13-10-12-16(3)4/h14,16-18,20-22H,8-13,15H2,1-7H3. The van der Waals surface area contributed by atoms with E-state index in [0.717, 1.165) is 17.8 Å². The normalized spacial score (nSPS) is 17.1. The van der Waals surface area contributed by atoms with E-state index < -0.39 is 0 Å². The van der Waals surface area contributed by atoms with Crippen molar-refractivity contribution >= 4 is 0 Å². The second kappa shape index (κ2) is 12.2. The maximum absolute atomic E-state index is 9.47. The molecule has 3 unspecified atom stereocenters. The summed E-state index contributed by atoms with van der Waals surface area (Å²) >= 11 is 0. The third-order valence-electron chi connectivity index (χ3n) is 4.95. The van der Waals surface area contributed by atoms with Gasteiger partial charge in [0.25, 0.3) is 0 Å². The van der Waals surface area contributed by atoms with Crippen LogP contribution in [0.3, 0.4) is 0 Å².